The molecular formula is C20H26N2O4S2. The summed E-state index contributed by atoms with van der Waals surface area (Å²) >= 11 is 6.11. The van der Waals surface area contributed by atoms with Gasteiger partial charge in [0.05, 0.1) is 17.7 Å². The molecule has 3 rings (SSSR count). The second-order valence-corrected chi connectivity index (χ2v) is 9.01. The molecule has 1 N–H and O–H groups in total. The number of nitrogens with zero attached hydrogens (tertiary/aromatic N) is 1. The molecule has 0 aromatic heterocycles. The minimum Gasteiger partial charge on any atom is -0.467 e. The minimum atomic E-state index is -0.638. The van der Waals surface area contributed by atoms with Crippen molar-refractivity contribution in [2.75, 3.05) is 12.9 Å². The Bertz CT molecular complexity index is 715. The van der Waals surface area contributed by atoms with Gasteiger partial charge in [0.25, 0.3) is 0 Å². The standard InChI is InChI=1S/C20H26N2O4S2/c1-26-20(25)15-8-5-9-17-22(15)19(24)14(10-11-28-17)21-18(23)16(27)12-13-6-3-2-4-7-13/h2-4,6-7,14-17,27H,5,8-12H2,1H3,(H,21,23)/t14-,15?,16-,17?/m0/s1. The van der Waals surface area contributed by atoms with Gasteiger partial charge in [-0.15, -0.1) is 11.8 Å². The van der Waals surface area contributed by atoms with Crippen molar-refractivity contribution in [1.82, 2.24) is 10.2 Å². The van der Waals surface area contributed by atoms with Crippen LogP contribution < -0.4 is 5.32 Å². The van der Waals surface area contributed by atoms with Crippen molar-refractivity contribution in [3.8, 4) is 0 Å². The summed E-state index contributed by atoms with van der Waals surface area (Å²) in [5.74, 6) is -0.0946. The monoisotopic (exact) mass is 422 g/mol. The van der Waals surface area contributed by atoms with Gasteiger partial charge in [-0.1, -0.05) is 30.3 Å². The number of rotatable bonds is 5. The normalized spacial score (nSPS) is 26.0. The van der Waals surface area contributed by atoms with Gasteiger partial charge >= 0.3 is 5.97 Å². The predicted molar refractivity (Wildman–Crippen MR) is 112 cm³/mol. The van der Waals surface area contributed by atoms with Crippen LogP contribution >= 0.6 is 24.4 Å². The SMILES string of the molecule is COC(=O)C1CCCC2SCC[C@H](NC(=O)[C@@H](S)Cc3ccccc3)C(=O)N21. The third-order valence-corrected chi connectivity index (χ3v) is 6.94. The number of esters is 1. The van der Waals surface area contributed by atoms with Crippen LogP contribution in [-0.2, 0) is 25.5 Å². The molecule has 2 saturated heterocycles. The van der Waals surface area contributed by atoms with E-state index >= 15 is 0 Å². The summed E-state index contributed by atoms with van der Waals surface area (Å²) in [6, 6.07) is 8.45. The highest BCUT2D eigenvalue weighted by molar-refractivity contribution is 7.99. The number of nitrogens with one attached hydrogen (secondary N) is 1. The van der Waals surface area contributed by atoms with Crippen molar-refractivity contribution in [2.45, 2.75) is 54.8 Å². The Morgan fingerprint density at radius 3 is 2.75 bits per heavy atom. The number of amides is 2. The molecular weight excluding hydrogens is 396 g/mol. The Balaban J connectivity index is 1.68. The van der Waals surface area contributed by atoms with Crippen LogP contribution in [0.1, 0.15) is 31.2 Å². The van der Waals surface area contributed by atoms with E-state index in [1.54, 1.807) is 16.7 Å². The Hall–Kier alpha value is -1.67. The van der Waals surface area contributed by atoms with Crippen LogP contribution in [0.3, 0.4) is 0 Å². The third kappa shape index (κ3) is 4.84. The molecule has 2 aliphatic rings. The molecule has 2 heterocycles. The summed E-state index contributed by atoms with van der Waals surface area (Å²) in [7, 11) is 1.34. The lowest BCUT2D eigenvalue weighted by Gasteiger charge is -2.40. The van der Waals surface area contributed by atoms with Crippen molar-refractivity contribution >= 4 is 42.2 Å². The molecule has 2 amide bonds. The number of methoxy groups -OCH3 is 1. The predicted octanol–water partition coefficient (Wildman–Crippen LogP) is 2.03. The van der Waals surface area contributed by atoms with Crippen molar-refractivity contribution in [3.63, 3.8) is 0 Å². The zero-order valence-electron chi connectivity index (χ0n) is 15.9. The van der Waals surface area contributed by atoms with E-state index in [2.05, 4.69) is 17.9 Å². The summed E-state index contributed by atoms with van der Waals surface area (Å²) in [5, 5.41) is 2.29. The van der Waals surface area contributed by atoms with Crippen molar-refractivity contribution < 1.29 is 19.1 Å². The molecule has 1 aromatic rings. The number of carbonyl (C=O) groups excluding carboxylic acids is 3. The van der Waals surface area contributed by atoms with Crippen LogP contribution in [0.4, 0.5) is 0 Å². The summed E-state index contributed by atoms with van der Waals surface area (Å²) < 4.78 is 4.91. The van der Waals surface area contributed by atoms with E-state index in [0.717, 1.165) is 24.2 Å². The molecule has 2 fully saturated rings. The summed E-state index contributed by atoms with van der Waals surface area (Å²) in [6.07, 6.45) is 3.37. The van der Waals surface area contributed by atoms with Gasteiger partial charge in [0.1, 0.15) is 12.1 Å². The number of carbonyl (C=O) groups is 3. The second kappa shape index (κ2) is 9.69. The molecule has 2 unspecified atom stereocenters. The molecule has 0 bridgehead atoms. The van der Waals surface area contributed by atoms with E-state index in [0.29, 0.717) is 19.3 Å². The number of piperidine rings is 1. The second-order valence-electron chi connectivity index (χ2n) is 7.10. The zero-order valence-corrected chi connectivity index (χ0v) is 17.6. The summed E-state index contributed by atoms with van der Waals surface area (Å²) in [4.78, 5) is 39.7. The number of hydrogen-bond acceptors (Lipinski definition) is 6. The van der Waals surface area contributed by atoms with Crippen molar-refractivity contribution in [1.29, 1.82) is 0 Å². The van der Waals surface area contributed by atoms with Gasteiger partial charge in [0.15, 0.2) is 0 Å². The minimum absolute atomic E-state index is 0.0385. The van der Waals surface area contributed by atoms with Gasteiger partial charge in [-0.25, -0.2) is 4.79 Å². The van der Waals surface area contributed by atoms with Crippen LogP contribution in [-0.4, -0.2) is 58.3 Å². The molecule has 28 heavy (non-hydrogen) atoms. The van der Waals surface area contributed by atoms with E-state index in [1.165, 1.54) is 7.11 Å². The highest BCUT2D eigenvalue weighted by Crippen LogP contribution is 2.34. The third-order valence-electron chi connectivity index (χ3n) is 5.21. The number of ether oxygens (including phenoxy) is 1. The van der Waals surface area contributed by atoms with Crippen molar-refractivity contribution in [2.24, 2.45) is 0 Å². The van der Waals surface area contributed by atoms with Gasteiger partial charge < -0.3 is 15.0 Å². The van der Waals surface area contributed by atoms with Crippen LogP contribution in [0, 0.1) is 0 Å². The number of hydrogen-bond donors (Lipinski definition) is 2. The maximum atomic E-state index is 13.2. The van der Waals surface area contributed by atoms with Crippen LogP contribution in [0.15, 0.2) is 30.3 Å². The van der Waals surface area contributed by atoms with E-state index in [4.69, 9.17) is 4.74 Å². The molecule has 0 spiro atoms. The average molecular weight is 423 g/mol. The first kappa shape index (κ1) is 21.0. The Morgan fingerprint density at radius 1 is 1.29 bits per heavy atom. The fourth-order valence-electron chi connectivity index (χ4n) is 3.75. The summed E-state index contributed by atoms with van der Waals surface area (Å²) in [5.41, 5.74) is 1.02. The van der Waals surface area contributed by atoms with Crippen molar-refractivity contribution in [3.05, 3.63) is 35.9 Å². The van der Waals surface area contributed by atoms with Gasteiger partial charge in [0.2, 0.25) is 11.8 Å². The Kier molecular flexibility index (Phi) is 7.29. The van der Waals surface area contributed by atoms with Crippen LogP contribution in [0.25, 0.3) is 0 Å². The molecule has 8 heteroatoms. The lowest BCUT2D eigenvalue weighted by Crippen LogP contribution is -2.58. The molecule has 1 aromatic carbocycles. The topological polar surface area (TPSA) is 75.7 Å². The van der Waals surface area contributed by atoms with E-state index in [1.807, 2.05) is 30.3 Å². The van der Waals surface area contributed by atoms with Gasteiger partial charge in [0, 0.05) is 0 Å². The Labute approximate surface area is 175 Å². The molecule has 4 atom stereocenters. The lowest BCUT2D eigenvalue weighted by atomic mass is 10.00. The van der Waals surface area contributed by atoms with E-state index in [9.17, 15) is 14.4 Å². The highest BCUT2D eigenvalue weighted by atomic mass is 32.2. The number of benzene rings is 1. The molecule has 6 nitrogen and oxygen atoms in total. The molecule has 2 aliphatic heterocycles. The zero-order chi connectivity index (χ0) is 20.1. The summed E-state index contributed by atoms with van der Waals surface area (Å²) in [6.45, 7) is 0. The van der Waals surface area contributed by atoms with E-state index in [-0.39, 0.29) is 23.2 Å². The average Bonchev–Trinajstić information content (AvgIpc) is 2.87. The first-order chi connectivity index (χ1) is 13.5. The fraction of sp³-hybridized carbons (Fsp3) is 0.550. The van der Waals surface area contributed by atoms with Gasteiger partial charge in [-0.05, 0) is 43.4 Å². The van der Waals surface area contributed by atoms with Gasteiger partial charge in [-0.3, -0.25) is 9.59 Å². The van der Waals surface area contributed by atoms with Crippen LogP contribution in [0.2, 0.25) is 0 Å². The quantitative estimate of drug-likeness (QED) is 0.561. The first-order valence-corrected chi connectivity index (χ1v) is 11.1. The van der Waals surface area contributed by atoms with Gasteiger partial charge in [-0.2, -0.15) is 12.6 Å². The highest BCUT2D eigenvalue weighted by Gasteiger charge is 2.43. The molecule has 0 saturated carbocycles. The smallest absolute Gasteiger partial charge is 0.328 e. The largest absolute Gasteiger partial charge is 0.467 e. The maximum Gasteiger partial charge on any atom is 0.328 e. The Morgan fingerprint density at radius 2 is 2.04 bits per heavy atom. The van der Waals surface area contributed by atoms with E-state index < -0.39 is 17.3 Å². The fourth-order valence-corrected chi connectivity index (χ4v) is 5.42. The van der Waals surface area contributed by atoms with Crippen LogP contribution in [0.5, 0.6) is 0 Å². The lowest BCUT2D eigenvalue weighted by molar-refractivity contribution is -0.156. The maximum absolute atomic E-state index is 13.2. The molecule has 152 valence electrons. The molecule has 0 aliphatic carbocycles. The molecule has 0 radical (unpaired) electrons. The number of thiol groups is 1. The number of thioether (sulfide) groups is 1. The number of fused-ring (bicyclic) bond motifs is 1. The first-order valence-electron chi connectivity index (χ1n) is 9.55.